The van der Waals surface area contributed by atoms with E-state index >= 15 is 0 Å². The fourth-order valence-corrected chi connectivity index (χ4v) is 12.0. The number of hydrogen-bond acceptors (Lipinski definition) is 9. The summed E-state index contributed by atoms with van der Waals surface area (Å²) in [5.74, 6) is 4.06. The average Bonchev–Trinajstić information content (AvgIpc) is 3.85. The van der Waals surface area contributed by atoms with Crippen LogP contribution in [0.3, 0.4) is 0 Å². The van der Waals surface area contributed by atoms with Crippen LogP contribution in [0.2, 0.25) is 0 Å². The highest BCUT2D eigenvalue weighted by molar-refractivity contribution is 7.22. The highest BCUT2D eigenvalue weighted by Crippen LogP contribution is 2.47. The Bertz CT molecular complexity index is 3100. The molecule has 7 aromatic rings. The number of rotatable bonds is 18. The number of aromatic nitrogens is 4. The van der Waals surface area contributed by atoms with Gasteiger partial charge in [0.2, 0.25) is 0 Å². The molecular formula is C62H73N9S. The van der Waals surface area contributed by atoms with E-state index in [2.05, 4.69) is 152 Å². The summed E-state index contributed by atoms with van der Waals surface area (Å²) in [6.45, 7) is 32.7. The van der Waals surface area contributed by atoms with Crippen molar-refractivity contribution in [1.29, 1.82) is 0 Å². The van der Waals surface area contributed by atoms with E-state index in [1.165, 1.54) is 65.6 Å². The lowest BCUT2D eigenvalue weighted by molar-refractivity contribution is 0.181. The number of fused-ring (bicyclic) bond motifs is 3. The first-order chi connectivity index (χ1) is 34.9. The maximum absolute atomic E-state index is 5.08. The number of para-hydroxylation sites is 1. The molecule has 10 heteroatoms. The van der Waals surface area contributed by atoms with Gasteiger partial charge in [-0.05, 0) is 159 Å². The third kappa shape index (κ3) is 11.2. The molecular weight excluding hydrogens is 903 g/mol. The quantitative estimate of drug-likeness (QED) is 0.0734. The molecule has 3 N–H and O–H groups in total. The van der Waals surface area contributed by atoms with Crippen LogP contribution in [0.25, 0.3) is 44.0 Å². The summed E-state index contributed by atoms with van der Waals surface area (Å²) in [7, 11) is 3.94. The molecule has 3 unspecified atom stereocenters. The van der Waals surface area contributed by atoms with Crippen LogP contribution in [0.5, 0.6) is 0 Å². The number of likely N-dealkylation sites (tertiary alicyclic amines) is 1. The van der Waals surface area contributed by atoms with E-state index in [9.17, 15) is 0 Å². The van der Waals surface area contributed by atoms with Crippen molar-refractivity contribution in [2.45, 2.75) is 78.2 Å². The van der Waals surface area contributed by atoms with E-state index in [0.717, 1.165) is 135 Å². The Morgan fingerprint density at radius 2 is 1.69 bits per heavy atom. The maximum atomic E-state index is 5.08. The highest BCUT2D eigenvalue weighted by Gasteiger charge is 2.40. The molecule has 2 aliphatic heterocycles. The van der Waals surface area contributed by atoms with Gasteiger partial charge in [0.05, 0.1) is 27.1 Å². The molecule has 3 aliphatic rings. The summed E-state index contributed by atoms with van der Waals surface area (Å²) in [6.07, 6.45) is 11.9. The number of benzene rings is 4. The summed E-state index contributed by atoms with van der Waals surface area (Å²) >= 11 is 1.65. The molecule has 3 aromatic heterocycles. The number of likely N-dealkylation sites (N-methyl/N-ethyl adjacent to an activating group) is 1. The van der Waals surface area contributed by atoms with E-state index in [4.69, 9.17) is 15.1 Å². The minimum absolute atomic E-state index is 0.159. The second-order valence-corrected chi connectivity index (χ2v) is 21.2. The number of nitrogens with zero attached hydrogens (tertiary/aromatic N) is 6. The number of aryl methyl sites for hydroxylation is 3. The molecule has 1 saturated heterocycles. The molecule has 0 bridgehead atoms. The van der Waals surface area contributed by atoms with Gasteiger partial charge in [-0.25, -0.2) is 9.97 Å². The smallest absolute Gasteiger partial charge is 0.188 e. The third-order valence-corrected chi connectivity index (χ3v) is 16.3. The second-order valence-electron chi connectivity index (χ2n) is 20.2. The van der Waals surface area contributed by atoms with Crippen molar-refractivity contribution in [1.82, 2.24) is 30.0 Å². The number of anilines is 3. The van der Waals surface area contributed by atoms with Crippen LogP contribution in [0.15, 0.2) is 141 Å². The van der Waals surface area contributed by atoms with Gasteiger partial charge in [0, 0.05) is 78.9 Å². The normalized spacial score (nSPS) is 17.1. The van der Waals surface area contributed by atoms with Gasteiger partial charge in [-0.3, -0.25) is 9.58 Å². The van der Waals surface area contributed by atoms with E-state index in [0.29, 0.717) is 0 Å². The van der Waals surface area contributed by atoms with E-state index < -0.39 is 0 Å². The van der Waals surface area contributed by atoms with Crippen molar-refractivity contribution in [2.24, 2.45) is 24.8 Å². The fourth-order valence-electron chi connectivity index (χ4n) is 11.1. The largest absolute Gasteiger partial charge is 0.391 e. The van der Waals surface area contributed by atoms with Gasteiger partial charge in [-0.2, -0.15) is 5.10 Å². The molecule has 10 rings (SSSR count). The fraction of sp³-hybridized carbons (Fsp3) is 0.339. The topological polar surface area (TPSA) is 86.2 Å². The van der Waals surface area contributed by atoms with Crippen LogP contribution in [0.4, 0.5) is 16.6 Å². The maximum Gasteiger partial charge on any atom is 0.188 e. The van der Waals surface area contributed by atoms with E-state index in [1.54, 1.807) is 11.3 Å². The van der Waals surface area contributed by atoms with Crippen molar-refractivity contribution in [3.05, 3.63) is 181 Å². The number of hydrogen-bond donors (Lipinski definition) is 3. The second kappa shape index (κ2) is 22.3. The summed E-state index contributed by atoms with van der Waals surface area (Å²) in [5, 5.41) is 17.2. The Labute approximate surface area is 432 Å². The van der Waals surface area contributed by atoms with Gasteiger partial charge in [0.25, 0.3) is 0 Å². The molecule has 1 saturated carbocycles. The molecule has 0 spiro atoms. The SMILES string of the molecule is C=CCCC(C(=C)NC)c1nn(C)c2cc(NC(=C)CN3CCC(C4CC4C)CC3)ccc12.C=Cc1nc(N2CCc3cccc(C(=C)Nc4nc5ccccc5s4)c3C2)ccc1-c1ccc(CC)cc1C. The van der Waals surface area contributed by atoms with Gasteiger partial charge in [-0.15, -0.1) is 6.58 Å². The first kappa shape index (κ1) is 50.2. The molecule has 0 radical (unpaired) electrons. The number of allylic oxidation sites excluding steroid dienone is 2. The molecule has 3 atom stereocenters. The monoisotopic (exact) mass is 976 g/mol. The third-order valence-electron chi connectivity index (χ3n) is 15.3. The average molecular weight is 976 g/mol. The predicted molar refractivity (Wildman–Crippen MR) is 308 cm³/mol. The molecule has 1 aliphatic carbocycles. The van der Waals surface area contributed by atoms with Gasteiger partial charge in [0.1, 0.15) is 5.82 Å². The zero-order valence-corrected chi connectivity index (χ0v) is 44.1. The van der Waals surface area contributed by atoms with Crippen molar-refractivity contribution >= 4 is 60.9 Å². The lowest BCUT2D eigenvalue weighted by Gasteiger charge is -2.32. The van der Waals surface area contributed by atoms with Crippen molar-refractivity contribution in [2.75, 3.05) is 48.8 Å². The van der Waals surface area contributed by atoms with Gasteiger partial charge in [-0.1, -0.05) is 106 Å². The zero-order valence-electron chi connectivity index (χ0n) is 43.2. The Morgan fingerprint density at radius 1 is 0.903 bits per heavy atom. The Balaban J connectivity index is 0.000000181. The van der Waals surface area contributed by atoms with Crippen molar-refractivity contribution in [3.8, 4) is 11.1 Å². The zero-order chi connectivity index (χ0) is 50.5. The van der Waals surface area contributed by atoms with Crippen molar-refractivity contribution < 1.29 is 0 Å². The first-order valence-electron chi connectivity index (χ1n) is 26.0. The molecule has 5 heterocycles. The Morgan fingerprint density at radius 3 is 2.42 bits per heavy atom. The van der Waals surface area contributed by atoms with Crippen LogP contribution in [0, 0.1) is 24.7 Å². The van der Waals surface area contributed by atoms with Crippen LogP contribution >= 0.6 is 11.3 Å². The van der Waals surface area contributed by atoms with Crippen LogP contribution in [0.1, 0.15) is 91.1 Å². The molecule has 9 nitrogen and oxygen atoms in total. The molecule has 2 fully saturated rings. The number of piperidine rings is 1. The summed E-state index contributed by atoms with van der Waals surface area (Å²) < 4.78 is 3.14. The van der Waals surface area contributed by atoms with Crippen LogP contribution < -0.4 is 20.9 Å². The van der Waals surface area contributed by atoms with E-state index in [-0.39, 0.29) is 5.92 Å². The highest BCUT2D eigenvalue weighted by atomic mass is 32.1. The van der Waals surface area contributed by atoms with Crippen molar-refractivity contribution in [3.63, 3.8) is 0 Å². The van der Waals surface area contributed by atoms with Crippen LogP contribution in [-0.2, 0) is 26.4 Å². The minimum atomic E-state index is 0.159. The molecule has 4 aromatic carbocycles. The standard InChI is InChI=1S/C34H32N4S.C28H41N5/c1-5-24-14-15-26(22(3)20-24)28-16-17-33(36-30(28)6-2)38-19-18-25-10-9-11-27(29(25)21-38)23(4)35-34-37-31-12-7-8-13-32(31)39-34;1-7-8-9-24(21(4)29-5)28-25-11-10-23(17-27(25)32(6)31-28)30-20(3)18-33-14-12-22(13-15-33)26-16-19(26)2/h6-17,20H,2,4-5,18-19,21H2,1,3H3,(H,35,37);7,10-11,17,19,22,24,26,29-30H,1,3-4,8-9,12-16,18H2,2,5-6H3. The Hall–Kier alpha value is -6.75. The molecule has 0 amide bonds. The molecule has 72 heavy (non-hydrogen) atoms. The lowest BCUT2D eigenvalue weighted by Crippen LogP contribution is -2.36. The minimum Gasteiger partial charge on any atom is -0.391 e. The predicted octanol–water partition coefficient (Wildman–Crippen LogP) is 14.2. The van der Waals surface area contributed by atoms with Crippen LogP contribution in [-0.4, -0.2) is 57.9 Å². The van der Waals surface area contributed by atoms with E-state index in [1.807, 2.05) is 49.1 Å². The Kier molecular flexibility index (Phi) is 15.6. The lowest BCUT2D eigenvalue weighted by atomic mass is 9.91. The van der Waals surface area contributed by atoms with Gasteiger partial charge in [0.15, 0.2) is 5.13 Å². The summed E-state index contributed by atoms with van der Waals surface area (Å²) in [4.78, 5) is 14.7. The number of nitrogens with one attached hydrogen (secondary N) is 3. The number of thiazole rings is 1. The van der Waals surface area contributed by atoms with Gasteiger partial charge >= 0.3 is 0 Å². The summed E-state index contributed by atoms with van der Waals surface area (Å²) in [6, 6.07) is 32.3. The summed E-state index contributed by atoms with van der Waals surface area (Å²) in [5.41, 5.74) is 16.8. The molecule has 372 valence electrons. The number of pyridine rings is 1. The first-order valence-corrected chi connectivity index (χ1v) is 26.8. The van der Waals surface area contributed by atoms with Gasteiger partial charge < -0.3 is 20.9 Å².